The lowest BCUT2D eigenvalue weighted by molar-refractivity contribution is -0.146. The molecule has 0 atom stereocenters. The fourth-order valence-electron chi connectivity index (χ4n) is 7.41. The minimum Gasteiger partial charge on any atom is -0.273 e. The van der Waals surface area contributed by atoms with Crippen molar-refractivity contribution in [2.24, 2.45) is 22.7 Å². The monoisotopic (exact) mass is 488 g/mol. The molecule has 6 rings (SSSR count). The summed E-state index contributed by atoms with van der Waals surface area (Å²) in [5.41, 5.74) is 10.9. The number of carbonyl (C=O) groups is 4. The van der Waals surface area contributed by atoms with Crippen LogP contribution in [0, 0.1) is 22.7 Å². The van der Waals surface area contributed by atoms with Crippen molar-refractivity contribution in [1.82, 2.24) is 21.7 Å². The van der Waals surface area contributed by atoms with Crippen LogP contribution >= 0.6 is 0 Å². The van der Waals surface area contributed by atoms with Gasteiger partial charge >= 0.3 is 0 Å². The Morgan fingerprint density at radius 1 is 0.611 bits per heavy atom. The van der Waals surface area contributed by atoms with Crippen LogP contribution in [0.5, 0.6) is 0 Å². The molecule has 0 spiro atoms. The molecule has 4 aliphatic rings. The molecule has 0 aromatic heterocycles. The van der Waals surface area contributed by atoms with Crippen molar-refractivity contribution < 1.29 is 19.2 Å². The molecule has 4 bridgehead atoms. The molecule has 4 saturated carbocycles. The van der Waals surface area contributed by atoms with Crippen LogP contribution in [-0.4, -0.2) is 23.6 Å². The van der Waals surface area contributed by atoms with Crippen molar-refractivity contribution >= 4 is 23.6 Å². The van der Waals surface area contributed by atoms with Gasteiger partial charge in [-0.2, -0.15) is 0 Å². The van der Waals surface area contributed by atoms with E-state index in [0.717, 1.165) is 38.5 Å². The number of amides is 4. The van der Waals surface area contributed by atoms with Gasteiger partial charge in [0.2, 0.25) is 11.8 Å². The molecule has 4 fully saturated rings. The summed E-state index contributed by atoms with van der Waals surface area (Å²) in [5.74, 6) is -0.0819. The zero-order valence-corrected chi connectivity index (χ0v) is 20.2. The Hall–Kier alpha value is -3.68. The molecule has 2 aromatic carbocycles. The Morgan fingerprint density at radius 2 is 1.00 bits per heavy atom. The zero-order chi connectivity index (χ0) is 25.2. The van der Waals surface area contributed by atoms with Gasteiger partial charge in [0.25, 0.3) is 11.8 Å². The largest absolute Gasteiger partial charge is 0.273 e. The normalized spacial score (nSPS) is 27.7. The maximum absolute atomic E-state index is 12.8. The summed E-state index contributed by atoms with van der Waals surface area (Å²) in [6, 6.07) is 17.5. The van der Waals surface area contributed by atoms with Gasteiger partial charge in [0.05, 0.1) is 0 Å². The summed E-state index contributed by atoms with van der Waals surface area (Å²) in [6.45, 7) is 0. The lowest BCUT2D eigenvalue weighted by Crippen LogP contribution is -2.55. The molecule has 2 aromatic rings. The highest BCUT2D eigenvalue weighted by molar-refractivity contribution is 5.96. The first-order valence-electron chi connectivity index (χ1n) is 12.6. The second-order valence-corrected chi connectivity index (χ2v) is 11.1. The number of hydrogen-bond acceptors (Lipinski definition) is 4. The highest BCUT2D eigenvalue weighted by Gasteiger charge is 2.58. The Balaban J connectivity index is 1.17. The van der Waals surface area contributed by atoms with E-state index in [4.69, 9.17) is 0 Å². The summed E-state index contributed by atoms with van der Waals surface area (Å²) in [4.78, 5) is 50.3. The summed E-state index contributed by atoms with van der Waals surface area (Å²) in [6.07, 6.45) is 6.58. The number of hydrazine groups is 2. The predicted octanol–water partition coefficient (Wildman–Crippen LogP) is 3.28. The summed E-state index contributed by atoms with van der Waals surface area (Å²) in [7, 11) is 0. The number of benzene rings is 2. The number of rotatable bonds is 6. The van der Waals surface area contributed by atoms with E-state index in [1.54, 1.807) is 48.5 Å². The van der Waals surface area contributed by atoms with Gasteiger partial charge in [0.1, 0.15) is 0 Å². The number of carbonyl (C=O) groups excluding carboxylic acids is 4. The maximum atomic E-state index is 12.8. The topological polar surface area (TPSA) is 116 Å². The van der Waals surface area contributed by atoms with Crippen molar-refractivity contribution in [3.8, 4) is 0 Å². The predicted molar refractivity (Wildman–Crippen MR) is 133 cm³/mol. The Kier molecular flexibility index (Phi) is 6.51. The van der Waals surface area contributed by atoms with E-state index in [0.29, 0.717) is 35.8 Å². The van der Waals surface area contributed by atoms with Gasteiger partial charge in [0.15, 0.2) is 0 Å². The van der Waals surface area contributed by atoms with Crippen LogP contribution in [0.3, 0.4) is 0 Å². The SMILES string of the molecule is O=C(CC12CC3CC(C1)CC(CC(=O)NNC(=O)c1ccccc1)(C3)C2)NNC(=O)c1ccccc1. The molecular formula is C28H32N4O4. The third kappa shape index (κ3) is 5.27. The Bertz CT molecular complexity index is 1050. The van der Waals surface area contributed by atoms with E-state index in [9.17, 15) is 19.2 Å². The number of nitrogens with one attached hydrogen (secondary N) is 4. The molecule has 4 aliphatic carbocycles. The molecule has 4 amide bonds. The van der Waals surface area contributed by atoms with Gasteiger partial charge in [-0.15, -0.1) is 0 Å². The van der Waals surface area contributed by atoms with Crippen LogP contribution in [0.15, 0.2) is 60.7 Å². The van der Waals surface area contributed by atoms with E-state index < -0.39 is 0 Å². The van der Waals surface area contributed by atoms with Crippen molar-refractivity contribution in [3.63, 3.8) is 0 Å². The molecule has 4 N–H and O–H groups in total. The Morgan fingerprint density at radius 3 is 1.39 bits per heavy atom. The van der Waals surface area contributed by atoms with Gasteiger partial charge in [-0.05, 0) is 85.5 Å². The fourth-order valence-corrected chi connectivity index (χ4v) is 7.41. The average Bonchev–Trinajstić information content (AvgIpc) is 2.85. The first-order valence-corrected chi connectivity index (χ1v) is 12.6. The first-order chi connectivity index (χ1) is 17.3. The average molecular weight is 489 g/mol. The first kappa shape index (κ1) is 24.0. The quantitative estimate of drug-likeness (QED) is 0.467. The number of hydrogen-bond donors (Lipinski definition) is 4. The lowest BCUT2D eigenvalue weighted by Gasteiger charge is -2.62. The zero-order valence-electron chi connectivity index (χ0n) is 20.2. The van der Waals surface area contributed by atoms with Crippen molar-refractivity contribution in [1.29, 1.82) is 0 Å². The minimum atomic E-state index is -0.347. The molecule has 0 unspecified atom stereocenters. The van der Waals surface area contributed by atoms with E-state index >= 15 is 0 Å². The third-order valence-corrected chi connectivity index (χ3v) is 8.08. The molecule has 0 radical (unpaired) electrons. The minimum absolute atomic E-state index is 0.154. The van der Waals surface area contributed by atoms with Crippen molar-refractivity contribution in [2.75, 3.05) is 0 Å². The van der Waals surface area contributed by atoms with Gasteiger partial charge < -0.3 is 0 Å². The summed E-state index contributed by atoms with van der Waals surface area (Å²) in [5, 5.41) is 0. The summed E-state index contributed by atoms with van der Waals surface area (Å²) >= 11 is 0. The highest BCUT2D eigenvalue weighted by atomic mass is 16.2. The van der Waals surface area contributed by atoms with Crippen LogP contribution in [-0.2, 0) is 9.59 Å². The summed E-state index contributed by atoms with van der Waals surface area (Å²) < 4.78 is 0. The highest BCUT2D eigenvalue weighted by Crippen LogP contribution is 2.67. The molecule has 36 heavy (non-hydrogen) atoms. The van der Waals surface area contributed by atoms with Crippen LogP contribution < -0.4 is 21.7 Å². The van der Waals surface area contributed by atoms with E-state index in [1.165, 1.54) is 0 Å². The fraction of sp³-hybridized carbons (Fsp3) is 0.429. The van der Waals surface area contributed by atoms with Crippen molar-refractivity contribution in [2.45, 2.75) is 51.4 Å². The molecule has 8 heteroatoms. The van der Waals surface area contributed by atoms with Crippen LogP contribution in [0.25, 0.3) is 0 Å². The maximum Gasteiger partial charge on any atom is 0.269 e. The van der Waals surface area contributed by atoms with E-state index in [1.807, 2.05) is 12.1 Å². The van der Waals surface area contributed by atoms with E-state index in [2.05, 4.69) is 21.7 Å². The van der Waals surface area contributed by atoms with Gasteiger partial charge in [-0.3, -0.25) is 40.9 Å². The van der Waals surface area contributed by atoms with Crippen LogP contribution in [0.1, 0.15) is 72.1 Å². The third-order valence-electron chi connectivity index (χ3n) is 8.08. The molecule has 8 nitrogen and oxygen atoms in total. The van der Waals surface area contributed by atoms with Crippen molar-refractivity contribution in [3.05, 3.63) is 71.8 Å². The molecule has 0 heterocycles. The van der Waals surface area contributed by atoms with Gasteiger partial charge in [-0.1, -0.05) is 36.4 Å². The standard InChI is InChI=1S/C28H32N4O4/c33-23(29-31-25(35)21-7-3-1-4-8-21)16-27-12-19-11-20(13-27)15-28(14-19,18-27)17-24(34)30-32-26(36)22-9-5-2-6-10-22/h1-10,19-20H,11-18H2,(H,29,33)(H,30,34)(H,31,35)(H,32,36). The van der Waals surface area contributed by atoms with Gasteiger partial charge in [0, 0.05) is 24.0 Å². The van der Waals surface area contributed by atoms with Gasteiger partial charge in [-0.25, -0.2) is 0 Å². The van der Waals surface area contributed by atoms with E-state index in [-0.39, 0.29) is 34.5 Å². The Labute approximate surface area is 210 Å². The smallest absolute Gasteiger partial charge is 0.269 e. The second kappa shape index (κ2) is 9.76. The van der Waals surface area contributed by atoms with Crippen LogP contribution in [0.2, 0.25) is 0 Å². The molecule has 188 valence electrons. The second-order valence-electron chi connectivity index (χ2n) is 11.1. The molecular weight excluding hydrogens is 456 g/mol. The van der Waals surface area contributed by atoms with Crippen LogP contribution in [0.4, 0.5) is 0 Å². The molecule has 0 aliphatic heterocycles. The lowest BCUT2D eigenvalue weighted by atomic mass is 9.43. The molecule has 0 saturated heterocycles.